The molecule has 2 rings (SSSR count). The molecular formula is C15H14INO2. The van der Waals surface area contributed by atoms with Gasteiger partial charge in [0.15, 0.2) is 0 Å². The van der Waals surface area contributed by atoms with Crippen LogP contribution in [0.1, 0.15) is 21.5 Å². The van der Waals surface area contributed by atoms with E-state index in [2.05, 4.69) is 27.9 Å². The van der Waals surface area contributed by atoms with E-state index in [1.54, 1.807) is 12.1 Å². The topological polar surface area (TPSA) is 49.3 Å². The summed E-state index contributed by atoms with van der Waals surface area (Å²) in [7, 11) is 0. The highest BCUT2D eigenvalue weighted by Crippen LogP contribution is 2.27. The van der Waals surface area contributed by atoms with E-state index >= 15 is 0 Å². The molecule has 0 heterocycles. The van der Waals surface area contributed by atoms with Gasteiger partial charge in [-0.1, -0.05) is 12.1 Å². The molecule has 0 unspecified atom stereocenters. The first kappa shape index (κ1) is 13.9. The SMILES string of the molecule is Cc1ccc(C(=O)O)c(Nc2cccc(I)c2C)c1. The van der Waals surface area contributed by atoms with Gasteiger partial charge in [-0.2, -0.15) is 0 Å². The van der Waals surface area contributed by atoms with Crippen molar-refractivity contribution in [2.45, 2.75) is 13.8 Å². The fraction of sp³-hybridized carbons (Fsp3) is 0.133. The maximum Gasteiger partial charge on any atom is 0.337 e. The van der Waals surface area contributed by atoms with Crippen LogP contribution in [0.4, 0.5) is 11.4 Å². The van der Waals surface area contributed by atoms with Crippen LogP contribution in [0.15, 0.2) is 36.4 Å². The Balaban J connectivity index is 2.45. The zero-order chi connectivity index (χ0) is 14.0. The first-order valence-electron chi connectivity index (χ1n) is 5.85. The van der Waals surface area contributed by atoms with Crippen molar-refractivity contribution < 1.29 is 9.90 Å². The minimum atomic E-state index is -0.925. The molecule has 2 aromatic carbocycles. The average molecular weight is 367 g/mol. The van der Waals surface area contributed by atoms with Crippen molar-refractivity contribution in [3.8, 4) is 0 Å². The van der Waals surface area contributed by atoms with Crippen molar-refractivity contribution in [3.05, 3.63) is 56.7 Å². The van der Waals surface area contributed by atoms with Crippen LogP contribution in [-0.2, 0) is 0 Å². The molecule has 98 valence electrons. The van der Waals surface area contributed by atoms with Crippen LogP contribution in [0.3, 0.4) is 0 Å². The summed E-state index contributed by atoms with van der Waals surface area (Å²) in [5.74, 6) is -0.925. The van der Waals surface area contributed by atoms with E-state index in [0.717, 1.165) is 20.4 Å². The minimum Gasteiger partial charge on any atom is -0.478 e. The van der Waals surface area contributed by atoms with Gasteiger partial charge in [-0.15, -0.1) is 0 Å². The molecule has 0 radical (unpaired) electrons. The first-order valence-corrected chi connectivity index (χ1v) is 6.93. The summed E-state index contributed by atoms with van der Waals surface area (Å²) in [6.45, 7) is 3.96. The molecule has 0 saturated heterocycles. The lowest BCUT2D eigenvalue weighted by Crippen LogP contribution is -2.04. The summed E-state index contributed by atoms with van der Waals surface area (Å²) in [5, 5.41) is 12.4. The Kier molecular flexibility index (Phi) is 4.09. The van der Waals surface area contributed by atoms with Crippen LogP contribution in [0.25, 0.3) is 0 Å². The number of carbonyl (C=O) groups is 1. The highest BCUT2D eigenvalue weighted by Gasteiger charge is 2.11. The van der Waals surface area contributed by atoms with Crippen LogP contribution in [0, 0.1) is 17.4 Å². The molecule has 0 aliphatic heterocycles. The smallest absolute Gasteiger partial charge is 0.337 e. The van der Waals surface area contributed by atoms with Crippen LogP contribution in [0.2, 0.25) is 0 Å². The molecule has 0 saturated carbocycles. The number of carboxylic acid groups (broad SMARTS) is 1. The second-order valence-corrected chi connectivity index (χ2v) is 5.55. The largest absolute Gasteiger partial charge is 0.478 e. The fourth-order valence-corrected chi connectivity index (χ4v) is 2.33. The van der Waals surface area contributed by atoms with Gasteiger partial charge in [0.2, 0.25) is 0 Å². The van der Waals surface area contributed by atoms with Crippen LogP contribution < -0.4 is 5.32 Å². The lowest BCUT2D eigenvalue weighted by molar-refractivity contribution is 0.0698. The molecule has 4 heteroatoms. The van der Waals surface area contributed by atoms with Crippen molar-refractivity contribution in [1.29, 1.82) is 0 Å². The van der Waals surface area contributed by atoms with Gasteiger partial charge in [0.1, 0.15) is 0 Å². The lowest BCUT2D eigenvalue weighted by atomic mass is 10.1. The number of carboxylic acids is 1. The predicted octanol–water partition coefficient (Wildman–Crippen LogP) is 4.35. The Morgan fingerprint density at radius 3 is 2.58 bits per heavy atom. The summed E-state index contributed by atoms with van der Waals surface area (Å²) < 4.78 is 1.15. The van der Waals surface area contributed by atoms with Crippen molar-refractivity contribution in [2.75, 3.05) is 5.32 Å². The van der Waals surface area contributed by atoms with Crippen molar-refractivity contribution >= 4 is 39.9 Å². The van der Waals surface area contributed by atoms with E-state index < -0.39 is 5.97 Å². The van der Waals surface area contributed by atoms with Gasteiger partial charge in [0.25, 0.3) is 0 Å². The number of halogens is 1. The Labute approximate surface area is 125 Å². The number of rotatable bonds is 3. The van der Waals surface area contributed by atoms with Gasteiger partial charge in [-0.05, 0) is 71.8 Å². The van der Waals surface area contributed by atoms with E-state index in [4.69, 9.17) is 0 Å². The third kappa shape index (κ3) is 3.07. The van der Waals surface area contributed by atoms with Gasteiger partial charge < -0.3 is 10.4 Å². The molecular weight excluding hydrogens is 353 g/mol. The Hall–Kier alpha value is -1.56. The van der Waals surface area contributed by atoms with Crippen molar-refractivity contribution in [1.82, 2.24) is 0 Å². The minimum absolute atomic E-state index is 0.281. The van der Waals surface area contributed by atoms with Gasteiger partial charge in [-0.25, -0.2) is 4.79 Å². The number of hydrogen-bond acceptors (Lipinski definition) is 2. The molecule has 0 atom stereocenters. The van der Waals surface area contributed by atoms with Gasteiger partial charge in [0.05, 0.1) is 11.3 Å². The Morgan fingerprint density at radius 1 is 1.16 bits per heavy atom. The quantitative estimate of drug-likeness (QED) is 0.793. The van der Waals surface area contributed by atoms with Crippen molar-refractivity contribution in [3.63, 3.8) is 0 Å². The average Bonchev–Trinajstić information content (AvgIpc) is 2.35. The van der Waals surface area contributed by atoms with Crippen molar-refractivity contribution in [2.24, 2.45) is 0 Å². The maximum absolute atomic E-state index is 11.2. The van der Waals surface area contributed by atoms with E-state index in [9.17, 15) is 9.90 Å². The van der Waals surface area contributed by atoms with Crippen LogP contribution in [0.5, 0.6) is 0 Å². The molecule has 0 aromatic heterocycles. The molecule has 2 N–H and O–H groups in total. The highest BCUT2D eigenvalue weighted by atomic mass is 127. The molecule has 0 fully saturated rings. The zero-order valence-corrected chi connectivity index (χ0v) is 12.9. The summed E-state index contributed by atoms with van der Waals surface area (Å²) >= 11 is 2.27. The van der Waals surface area contributed by atoms with E-state index in [1.807, 2.05) is 38.1 Å². The van der Waals surface area contributed by atoms with Gasteiger partial charge in [0, 0.05) is 9.26 Å². The number of benzene rings is 2. The zero-order valence-electron chi connectivity index (χ0n) is 10.7. The summed E-state index contributed by atoms with van der Waals surface area (Å²) in [6, 6.07) is 11.2. The number of nitrogens with one attached hydrogen (secondary N) is 1. The van der Waals surface area contributed by atoms with Gasteiger partial charge in [-0.3, -0.25) is 0 Å². The second-order valence-electron chi connectivity index (χ2n) is 4.39. The number of aromatic carboxylic acids is 1. The van der Waals surface area contributed by atoms with E-state index in [-0.39, 0.29) is 5.56 Å². The first-order chi connectivity index (χ1) is 8.99. The predicted molar refractivity (Wildman–Crippen MR) is 85.3 cm³/mol. The maximum atomic E-state index is 11.2. The molecule has 0 spiro atoms. The summed E-state index contributed by atoms with van der Waals surface area (Å²) in [6.07, 6.45) is 0. The van der Waals surface area contributed by atoms with E-state index in [0.29, 0.717) is 5.69 Å². The molecule has 0 aliphatic rings. The highest BCUT2D eigenvalue weighted by molar-refractivity contribution is 14.1. The van der Waals surface area contributed by atoms with Gasteiger partial charge >= 0.3 is 5.97 Å². The Morgan fingerprint density at radius 2 is 1.89 bits per heavy atom. The fourth-order valence-electron chi connectivity index (χ4n) is 1.84. The number of anilines is 2. The standard InChI is InChI=1S/C15H14INO2/c1-9-6-7-11(15(18)19)14(8-9)17-13-5-3-4-12(16)10(13)2/h3-8,17H,1-2H3,(H,18,19). The van der Waals surface area contributed by atoms with E-state index in [1.165, 1.54) is 0 Å². The Bertz CT molecular complexity index is 638. The molecule has 0 aliphatic carbocycles. The molecule has 0 amide bonds. The summed E-state index contributed by atoms with van der Waals surface area (Å²) in [5.41, 5.74) is 3.97. The van der Waals surface area contributed by atoms with Crippen LogP contribution in [-0.4, -0.2) is 11.1 Å². The summed E-state index contributed by atoms with van der Waals surface area (Å²) in [4.78, 5) is 11.2. The molecule has 19 heavy (non-hydrogen) atoms. The normalized spacial score (nSPS) is 10.3. The van der Waals surface area contributed by atoms with Crippen LogP contribution >= 0.6 is 22.6 Å². The lowest BCUT2D eigenvalue weighted by Gasteiger charge is -2.13. The third-order valence-electron chi connectivity index (χ3n) is 2.94. The molecule has 0 bridgehead atoms. The third-order valence-corrected chi connectivity index (χ3v) is 4.11. The molecule has 2 aromatic rings. The monoisotopic (exact) mass is 367 g/mol. The number of aryl methyl sites for hydroxylation is 1. The molecule has 3 nitrogen and oxygen atoms in total. The number of hydrogen-bond donors (Lipinski definition) is 2. The second kappa shape index (κ2) is 5.61.